The SMILES string of the molecule is O=C(NC1CCCCNC1)C1CCCc2ccccc21. The number of hydrogen-bond acceptors (Lipinski definition) is 2. The number of rotatable bonds is 2. The van der Waals surface area contributed by atoms with E-state index in [9.17, 15) is 4.79 Å². The molecule has 1 amide bonds. The molecule has 1 aromatic carbocycles. The molecule has 1 fully saturated rings. The van der Waals surface area contributed by atoms with Crippen LogP contribution in [0.3, 0.4) is 0 Å². The van der Waals surface area contributed by atoms with E-state index in [1.54, 1.807) is 0 Å². The van der Waals surface area contributed by atoms with Crippen LogP contribution in [0.1, 0.15) is 49.1 Å². The van der Waals surface area contributed by atoms with Gasteiger partial charge in [0.05, 0.1) is 5.92 Å². The maximum absolute atomic E-state index is 12.6. The van der Waals surface area contributed by atoms with Gasteiger partial charge in [-0.2, -0.15) is 0 Å². The number of amides is 1. The summed E-state index contributed by atoms with van der Waals surface area (Å²) in [5, 5.41) is 6.68. The highest BCUT2D eigenvalue weighted by Crippen LogP contribution is 2.31. The molecule has 3 heteroatoms. The standard InChI is InChI=1S/C17H24N2O/c20-17(19-14-8-3-4-11-18-12-14)16-10-5-7-13-6-1-2-9-15(13)16/h1-2,6,9,14,16,18H,3-5,7-8,10-12H2,(H,19,20). The Hall–Kier alpha value is -1.35. The molecule has 3 rings (SSSR count). The monoisotopic (exact) mass is 272 g/mol. The van der Waals surface area contributed by atoms with Crippen molar-refractivity contribution < 1.29 is 4.79 Å². The van der Waals surface area contributed by atoms with Gasteiger partial charge >= 0.3 is 0 Å². The zero-order valence-electron chi connectivity index (χ0n) is 12.0. The van der Waals surface area contributed by atoms with Crippen LogP contribution in [-0.2, 0) is 11.2 Å². The van der Waals surface area contributed by atoms with Crippen molar-refractivity contribution in [2.24, 2.45) is 0 Å². The van der Waals surface area contributed by atoms with E-state index in [0.717, 1.165) is 38.8 Å². The minimum Gasteiger partial charge on any atom is -0.352 e. The highest BCUT2D eigenvalue weighted by Gasteiger charge is 2.27. The lowest BCUT2D eigenvalue weighted by Gasteiger charge is -2.27. The maximum Gasteiger partial charge on any atom is 0.227 e. The summed E-state index contributed by atoms with van der Waals surface area (Å²) in [6.45, 7) is 2.00. The van der Waals surface area contributed by atoms with Gasteiger partial charge in [-0.25, -0.2) is 0 Å². The first-order chi connectivity index (χ1) is 9.84. The Morgan fingerprint density at radius 2 is 2.05 bits per heavy atom. The summed E-state index contributed by atoms with van der Waals surface area (Å²) in [4.78, 5) is 12.6. The number of benzene rings is 1. The molecule has 3 nitrogen and oxygen atoms in total. The largest absolute Gasteiger partial charge is 0.352 e. The topological polar surface area (TPSA) is 41.1 Å². The van der Waals surface area contributed by atoms with E-state index in [2.05, 4.69) is 34.9 Å². The molecule has 1 heterocycles. The van der Waals surface area contributed by atoms with Crippen molar-refractivity contribution in [1.82, 2.24) is 10.6 Å². The van der Waals surface area contributed by atoms with Gasteiger partial charge in [-0.1, -0.05) is 30.7 Å². The van der Waals surface area contributed by atoms with Gasteiger partial charge in [-0.15, -0.1) is 0 Å². The molecule has 1 aliphatic heterocycles. The van der Waals surface area contributed by atoms with E-state index in [1.165, 1.54) is 24.0 Å². The fourth-order valence-electron chi connectivity index (χ4n) is 3.47. The zero-order chi connectivity index (χ0) is 13.8. The fourth-order valence-corrected chi connectivity index (χ4v) is 3.47. The second-order valence-electron chi connectivity index (χ2n) is 6.05. The molecule has 2 unspecified atom stereocenters. The highest BCUT2D eigenvalue weighted by atomic mass is 16.1. The van der Waals surface area contributed by atoms with Crippen molar-refractivity contribution in [1.29, 1.82) is 0 Å². The molecule has 0 saturated carbocycles. The summed E-state index contributed by atoms with van der Waals surface area (Å²) in [5.41, 5.74) is 2.61. The molecule has 2 N–H and O–H groups in total. The fraction of sp³-hybridized carbons (Fsp3) is 0.588. The third-order valence-corrected chi connectivity index (χ3v) is 4.58. The Morgan fingerprint density at radius 3 is 3.00 bits per heavy atom. The van der Waals surface area contributed by atoms with Crippen molar-refractivity contribution >= 4 is 5.91 Å². The quantitative estimate of drug-likeness (QED) is 0.868. The van der Waals surface area contributed by atoms with Gasteiger partial charge < -0.3 is 10.6 Å². The van der Waals surface area contributed by atoms with Gasteiger partial charge in [0.15, 0.2) is 0 Å². The van der Waals surface area contributed by atoms with Crippen molar-refractivity contribution in [3.05, 3.63) is 35.4 Å². The van der Waals surface area contributed by atoms with Crippen LogP contribution in [0.4, 0.5) is 0 Å². The molecule has 0 bridgehead atoms. The average molecular weight is 272 g/mol. The van der Waals surface area contributed by atoms with Gasteiger partial charge in [0, 0.05) is 12.6 Å². The van der Waals surface area contributed by atoms with Gasteiger partial charge in [-0.05, 0) is 49.8 Å². The summed E-state index contributed by atoms with van der Waals surface area (Å²) in [7, 11) is 0. The second kappa shape index (κ2) is 6.40. The molecule has 1 aliphatic carbocycles. The van der Waals surface area contributed by atoms with Crippen LogP contribution < -0.4 is 10.6 Å². The minimum atomic E-state index is 0.0585. The molecule has 20 heavy (non-hydrogen) atoms. The third kappa shape index (κ3) is 3.04. The Bertz CT molecular complexity index is 464. The number of aryl methyl sites for hydroxylation is 1. The summed E-state index contributed by atoms with van der Waals surface area (Å²) in [5.74, 6) is 0.286. The van der Waals surface area contributed by atoms with E-state index in [-0.39, 0.29) is 11.8 Å². The number of carbonyl (C=O) groups is 1. The van der Waals surface area contributed by atoms with Crippen LogP contribution in [0.25, 0.3) is 0 Å². The van der Waals surface area contributed by atoms with E-state index < -0.39 is 0 Å². The molecule has 1 aromatic rings. The van der Waals surface area contributed by atoms with Crippen molar-refractivity contribution in [3.63, 3.8) is 0 Å². The first-order valence-electron chi connectivity index (χ1n) is 7.93. The molecule has 0 aromatic heterocycles. The zero-order valence-corrected chi connectivity index (χ0v) is 12.0. The van der Waals surface area contributed by atoms with E-state index in [0.29, 0.717) is 6.04 Å². The maximum atomic E-state index is 12.6. The number of hydrogen-bond donors (Lipinski definition) is 2. The van der Waals surface area contributed by atoms with Crippen molar-refractivity contribution in [2.75, 3.05) is 13.1 Å². The molecule has 1 saturated heterocycles. The van der Waals surface area contributed by atoms with Crippen LogP contribution in [0.15, 0.2) is 24.3 Å². The van der Waals surface area contributed by atoms with E-state index in [4.69, 9.17) is 0 Å². The predicted molar refractivity (Wildman–Crippen MR) is 80.8 cm³/mol. The second-order valence-corrected chi connectivity index (χ2v) is 6.05. The van der Waals surface area contributed by atoms with E-state index >= 15 is 0 Å². The lowest BCUT2D eigenvalue weighted by Crippen LogP contribution is -2.43. The van der Waals surface area contributed by atoms with Crippen LogP contribution in [0.5, 0.6) is 0 Å². The molecule has 0 spiro atoms. The molecular weight excluding hydrogens is 248 g/mol. The van der Waals surface area contributed by atoms with Crippen LogP contribution in [0, 0.1) is 0 Å². The highest BCUT2D eigenvalue weighted by molar-refractivity contribution is 5.84. The van der Waals surface area contributed by atoms with Gasteiger partial charge in [-0.3, -0.25) is 4.79 Å². The first-order valence-corrected chi connectivity index (χ1v) is 7.93. The Kier molecular flexibility index (Phi) is 4.36. The normalized spacial score (nSPS) is 26.4. The first kappa shape index (κ1) is 13.6. The number of nitrogens with one attached hydrogen (secondary N) is 2. The average Bonchev–Trinajstić information content (AvgIpc) is 2.75. The molecule has 2 atom stereocenters. The van der Waals surface area contributed by atoms with Crippen molar-refractivity contribution in [2.45, 2.75) is 50.5 Å². The Morgan fingerprint density at radius 1 is 1.15 bits per heavy atom. The van der Waals surface area contributed by atoms with Crippen LogP contribution in [0.2, 0.25) is 0 Å². The van der Waals surface area contributed by atoms with Gasteiger partial charge in [0.25, 0.3) is 0 Å². The molecular formula is C17H24N2O. The number of carbonyl (C=O) groups excluding carboxylic acids is 1. The lowest BCUT2D eigenvalue weighted by molar-refractivity contribution is -0.123. The Balaban J connectivity index is 1.68. The van der Waals surface area contributed by atoms with Gasteiger partial charge in [0.2, 0.25) is 5.91 Å². The summed E-state index contributed by atoms with van der Waals surface area (Å²) >= 11 is 0. The minimum absolute atomic E-state index is 0.0585. The van der Waals surface area contributed by atoms with E-state index in [1.807, 2.05) is 0 Å². The smallest absolute Gasteiger partial charge is 0.227 e. The molecule has 108 valence electrons. The third-order valence-electron chi connectivity index (χ3n) is 4.58. The van der Waals surface area contributed by atoms with Crippen molar-refractivity contribution in [3.8, 4) is 0 Å². The summed E-state index contributed by atoms with van der Waals surface area (Å²) < 4.78 is 0. The summed E-state index contributed by atoms with van der Waals surface area (Å²) in [6.07, 6.45) is 6.76. The summed E-state index contributed by atoms with van der Waals surface area (Å²) in [6, 6.07) is 8.73. The lowest BCUT2D eigenvalue weighted by atomic mass is 9.82. The van der Waals surface area contributed by atoms with Gasteiger partial charge in [0.1, 0.15) is 0 Å². The molecule has 0 radical (unpaired) electrons. The number of fused-ring (bicyclic) bond motifs is 1. The Labute approximate surface area is 121 Å². The predicted octanol–water partition coefficient (Wildman–Crippen LogP) is 2.36. The van der Waals surface area contributed by atoms with Crippen LogP contribution in [-0.4, -0.2) is 25.0 Å². The van der Waals surface area contributed by atoms with Crippen LogP contribution >= 0.6 is 0 Å². The molecule has 2 aliphatic rings.